The molecule has 0 saturated carbocycles. The highest BCUT2D eigenvalue weighted by Gasteiger charge is 2.27. The number of hydrogen-bond acceptors (Lipinski definition) is 10. The van der Waals surface area contributed by atoms with Crippen molar-refractivity contribution in [3.8, 4) is 11.5 Å². The predicted octanol–water partition coefficient (Wildman–Crippen LogP) is 2.44. The molecule has 1 N–H and O–H groups in total. The van der Waals surface area contributed by atoms with Gasteiger partial charge in [0.25, 0.3) is 5.91 Å². The van der Waals surface area contributed by atoms with E-state index >= 15 is 0 Å². The molecule has 0 fully saturated rings. The molecule has 0 saturated heterocycles. The zero-order valence-corrected chi connectivity index (χ0v) is 18.3. The van der Waals surface area contributed by atoms with Crippen LogP contribution < -0.4 is 14.8 Å². The average Bonchev–Trinajstić information content (AvgIpc) is 3.11. The van der Waals surface area contributed by atoms with E-state index in [1.807, 2.05) is 0 Å². The van der Waals surface area contributed by atoms with Crippen molar-refractivity contribution >= 4 is 40.2 Å². The molecule has 166 valence electrons. The van der Waals surface area contributed by atoms with Gasteiger partial charge < -0.3 is 29.0 Å². The van der Waals surface area contributed by atoms with Crippen molar-refractivity contribution in [2.24, 2.45) is 0 Å². The molecule has 31 heavy (non-hydrogen) atoms. The lowest BCUT2D eigenvalue weighted by atomic mass is 10.1. The van der Waals surface area contributed by atoms with Crippen molar-refractivity contribution in [2.45, 2.75) is 6.92 Å². The van der Waals surface area contributed by atoms with Crippen molar-refractivity contribution in [2.75, 3.05) is 40.4 Å². The number of thiophene rings is 1. The van der Waals surface area contributed by atoms with Gasteiger partial charge in [0.05, 0.1) is 39.6 Å². The molecule has 2 rings (SSSR count). The molecule has 0 unspecified atom stereocenters. The lowest BCUT2D eigenvalue weighted by Gasteiger charge is -2.10. The fourth-order valence-electron chi connectivity index (χ4n) is 2.58. The zero-order chi connectivity index (χ0) is 23.1. The zero-order valence-electron chi connectivity index (χ0n) is 17.5. The summed E-state index contributed by atoms with van der Waals surface area (Å²) < 4.78 is 24.7. The molecule has 1 heterocycles. The Morgan fingerprint density at radius 3 is 2.13 bits per heavy atom. The van der Waals surface area contributed by atoms with E-state index in [9.17, 15) is 19.2 Å². The number of methoxy groups -OCH3 is 4. The third-order valence-corrected chi connectivity index (χ3v) is 5.30. The van der Waals surface area contributed by atoms with Crippen molar-refractivity contribution in [3.05, 3.63) is 39.8 Å². The largest absolute Gasteiger partial charge is 0.493 e. The molecule has 11 heteroatoms. The van der Waals surface area contributed by atoms with Crippen LogP contribution in [0.1, 0.15) is 36.0 Å². The Labute approximate surface area is 182 Å². The first-order valence-corrected chi connectivity index (χ1v) is 9.58. The summed E-state index contributed by atoms with van der Waals surface area (Å²) in [5, 5.41) is 2.54. The number of rotatable bonds is 8. The van der Waals surface area contributed by atoms with Gasteiger partial charge in [-0.3, -0.25) is 4.79 Å². The Balaban J connectivity index is 2.13. The first-order chi connectivity index (χ1) is 14.8. The number of carbonyl (C=O) groups is 4. The van der Waals surface area contributed by atoms with Gasteiger partial charge in [0.15, 0.2) is 18.1 Å². The monoisotopic (exact) mass is 451 g/mol. The van der Waals surface area contributed by atoms with Crippen molar-refractivity contribution in [1.29, 1.82) is 0 Å². The normalized spacial score (nSPS) is 10.1. The van der Waals surface area contributed by atoms with E-state index in [1.165, 1.54) is 53.6 Å². The smallest absolute Gasteiger partial charge is 0.348 e. The van der Waals surface area contributed by atoms with E-state index in [-0.39, 0.29) is 21.0 Å². The van der Waals surface area contributed by atoms with E-state index in [4.69, 9.17) is 18.9 Å². The van der Waals surface area contributed by atoms with E-state index in [0.29, 0.717) is 17.1 Å². The lowest BCUT2D eigenvalue weighted by Crippen LogP contribution is -2.21. The first-order valence-electron chi connectivity index (χ1n) is 8.76. The van der Waals surface area contributed by atoms with Crippen LogP contribution in [0.2, 0.25) is 0 Å². The van der Waals surface area contributed by atoms with Gasteiger partial charge in [-0.15, -0.1) is 11.3 Å². The molecule has 0 bridgehead atoms. The average molecular weight is 451 g/mol. The van der Waals surface area contributed by atoms with Crippen LogP contribution in [0.3, 0.4) is 0 Å². The maximum atomic E-state index is 12.3. The summed E-state index contributed by atoms with van der Waals surface area (Å²) >= 11 is 0.852. The van der Waals surface area contributed by atoms with Crippen LogP contribution in [0.4, 0.5) is 5.00 Å². The maximum absolute atomic E-state index is 12.3. The molecular formula is C20H21NO9S. The van der Waals surface area contributed by atoms with Gasteiger partial charge >= 0.3 is 17.9 Å². The van der Waals surface area contributed by atoms with Crippen LogP contribution in [-0.2, 0) is 19.0 Å². The number of amides is 1. The molecule has 1 aromatic heterocycles. The van der Waals surface area contributed by atoms with Gasteiger partial charge in [0.2, 0.25) is 0 Å². The Kier molecular flexibility index (Phi) is 7.97. The molecule has 0 radical (unpaired) electrons. The third kappa shape index (κ3) is 5.31. The summed E-state index contributed by atoms with van der Waals surface area (Å²) in [4.78, 5) is 48.7. The van der Waals surface area contributed by atoms with Gasteiger partial charge in [-0.2, -0.15) is 0 Å². The van der Waals surface area contributed by atoms with E-state index in [0.717, 1.165) is 11.3 Å². The fraction of sp³-hybridized carbons (Fsp3) is 0.300. The maximum Gasteiger partial charge on any atom is 0.348 e. The van der Waals surface area contributed by atoms with Crippen LogP contribution in [0.25, 0.3) is 0 Å². The number of carbonyl (C=O) groups excluding carboxylic acids is 4. The molecule has 0 aliphatic carbocycles. The summed E-state index contributed by atoms with van der Waals surface area (Å²) in [5.74, 6) is -2.11. The summed E-state index contributed by atoms with van der Waals surface area (Å²) in [7, 11) is 5.25. The molecule has 0 spiro atoms. The predicted molar refractivity (Wildman–Crippen MR) is 110 cm³/mol. The quantitative estimate of drug-likeness (QED) is 0.475. The van der Waals surface area contributed by atoms with E-state index < -0.39 is 30.4 Å². The lowest BCUT2D eigenvalue weighted by molar-refractivity contribution is -0.119. The van der Waals surface area contributed by atoms with Crippen molar-refractivity contribution in [1.82, 2.24) is 0 Å². The summed E-state index contributed by atoms with van der Waals surface area (Å²) in [6.45, 7) is 0.903. The van der Waals surface area contributed by atoms with Crippen LogP contribution in [0.5, 0.6) is 11.5 Å². The Morgan fingerprint density at radius 1 is 0.903 bits per heavy atom. The number of hydrogen-bond donors (Lipinski definition) is 1. The number of ether oxygens (including phenoxy) is 5. The highest BCUT2D eigenvalue weighted by atomic mass is 32.1. The highest BCUT2D eigenvalue weighted by Crippen LogP contribution is 2.34. The molecule has 1 aromatic carbocycles. The van der Waals surface area contributed by atoms with Gasteiger partial charge in [0.1, 0.15) is 9.88 Å². The summed E-state index contributed by atoms with van der Waals surface area (Å²) in [6.07, 6.45) is 0. The first kappa shape index (κ1) is 23.7. The molecular weight excluding hydrogens is 430 g/mol. The van der Waals surface area contributed by atoms with E-state index in [2.05, 4.69) is 10.1 Å². The number of benzene rings is 1. The highest BCUT2D eigenvalue weighted by molar-refractivity contribution is 7.18. The van der Waals surface area contributed by atoms with Crippen LogP contribution in [-0.4, -0.2) is 58.9 Å². The standard InChI is InChI=1S/C20H21NO9S/c1-10-15(19(24)28-4)17(31-16(10)20(25)29-5)21-14(22)9-30-18(23)11-6-7-12(26-2)13(8-11)27-3/h6-8H,9H2,1-5H3,(H,21,22). The minimum Gasteiger partial charge on any atom is -0.493 e. The molecule has 2 aromatic rings. The van der Waals surface area contributed by atoms with Crippen LogP contribution in [0, 0.1) is 6.92 Å². The van der Waals surface area contributed by atoms with E-state index in [1.54, 1.807) is 0 Å². The summed E-state index contributed by atoms with van der Waals surface area (Å²) in [5.41, 5.74) is 0.481. The Hall–Kier alpha value is -3.60. The minimum absolute atomic E-state index is 0.0208. The Bertz CT molecular complexity index is 1010. The molecule has 1 amide bonds. The Morgan fingerprint density at radius 2 is 1.55 bits per heavy atom. The SMILES string of the molecule is COC(=O)c1sc(NC(=O)COC(=O)c2ccc(OC)c(OC)c2)c(C(=O)OC)c1C. The van der Waals surface area contributed by atoms with Gasteiger partial charge in [-0.05, 0) is 30.7 Å². The second-order valence-corrected chi connectivity index (χ2v) is 6.96. The fourth-order valence-corrected chi connectivity index (χ4v) is 3.71. The second-order valence-electron chi connectivity index (χ2n) is 5.94. The van der Waals surface area contributed by atoms with Crippen molar-refractivity contribution < 1.29 is 42.9 Å². The topological polar surface area (TPSA) is 126 Å². The van der Waals surface area contributed by atoms with Gasteiger partial charge in [-0.25, -0.2) is 14.4 Å². The second kappa shape index (κ2) is 10.4. The number of esters is 3. The van der Waals surface area contributed by atoms with Gasteiger partial charge in [0, 0.05) is 0 Å². The minimum atomic E-state index is -0.762. The number of anilines is 1. The molecule has 10 nitrogen and oxygen atoms in total. The van der Waals surface area contributed by atoms with Crippen molar-refractivity contribution in [3.63, 3.8) is 0 Å². The molecule has 0 aliphatic rings. The third-order valence-electron chi connectivity index (χ3n) is 4.11. The molecule has 0 atom stereocenters. The number of nitrogens with one attached hydrogen (secondary N) is 1. The molecule has 0 aliphatic heterocycles. The summed E-state index contributed by atoms with van der Waals surface area (Å²) in [6, 6.07) is 4.41. The van der Waals surface area contributed by atoms with Crippen LogP contribution >= 0.6 is 11.3 Å². The van der Waals surface area contributed by atoms with Crippen LogP contribution in [0.15, 0.2) is 18.2 Å². The van der Waals surface area contributed by atoms with Gasteiger partial charge in [-0.1, -0.05) is 0 Å².